The van der Waals surface area contributed by atoms with E-state index in [9.17, 15) is 4.79 Å². The summed E-state index contributed by atoms with van der Waals surface area (Å²) >= 11 is 0. The van der Waals surface area contributed by atoms with E-state index in [0.717, 1.165) is 11.9 Å². The lowest BCUT2D eigenvalue weighted by Gasteiger charge is -2.05. The number of nitriles is 1. The van der Waals surface area contributed by atoms with Crippen LogP contribution in [0.25, 0.3) is 0 Å². The maximum Gasteiger partial charge on any atom is 0.123 e. The van der Waals surface area contributed by atoms with Crippen LogP contribution in [0.4, 0.5) is 0 Å². The van der Waals surface area contributed by atoms with E-state index in [0.29, 0.717) is 19.3 Å². The topological polar surface area (TPSA) is 40.9 Å². The van der Waals surface area contributed by atoms with Gasteiger partial charge in [0.15, 0.2) is 0 Å². The minimum Gasteiger partial charge on any atom is -0.303 e. The van der Waals surface area contributed by atoms with Crippen LogP contribution in [0.5, 0.6) is 0 Å². The second-order valence-corrected chi connectivity index (χ2v) is 2.75. The summed E-state index contributed by atoms with van der Waals surface area (Å²) in [5.74, 6) is -0.00727. The third kappa shape index (κ3) is 5.35. The van der Waals surface area contributed by atoms with Gasteiger partial charge in [-0.15, -0.1) is 6.58 Å². The molecule has 1 atom stereocenters. The Bertz CT molecular complexity index is 178. The van der Waals surface area contributed by atoms with E-state index in [4.69, 9.17) is 5.26 Å². The van der Waals surface area contributed by atoms with Crippen LogP contribution in [0.15, 0.2) is 12.2 Å². The van der Waals surface area contributed by atoms with Crippen molar-refractivity contribution in [3.63, 3.8) is 0 Å². The summed E-state index contributed by atoms with van der Waals surface area (Å²) in [5, 5.41) is 8.26. The van der Waals surface area contributed by atoms with E-state index in [2.05, 4.69) is 6.58 Å². The van der Waals surface area contributed by atoms with Crippen LogP contribution in [0.2, 0.25) is 0 Å². The molecule has 0 spiro atoms. The molecule has 0 aromatic rings. The number of hydrogen-bond acceptors (Lipinski definition) is 2. The van der Waals surface area contributed by atoms with Crippen molar-refractivity contribution in [3.8, 4) is 6.07 Å². The van der Waals surface area contributed by atoms with Gasteiger partial charge in [-0.1, -0.05) is 5.57 Å². The molecule has 0 heterocycles. The van der Waals surface area contributed by atoms with Gasteiger partial charge in [0, 0.05) is 12.3 Å². The first-order valence-electron chi connectivity index (χ1n) is 3.67. The maximum absolute atomic E-state index is 10.4. The first-order valence-corrected chi connectivity index (χ1v) is 3.67. The molecule has 0 saturated carbocycles. The molecule has 0 fully saturated rings. The van der Waals surface area contributed by atoms with Crippen molar-refractivity contribution >= 4 is 6.29 Å². The van der Waals surface area contributed by atoms with E-state index >= 15 is 0 Å². The van der Waals surface area contributed by atoms with Crippen molar-refractivity contribution in [1.29, 1.82) is 5.26 Å². The molecule has 0 rings (SSSR count). The highest BCUT2D eigenvalue weighted by Gasteiger charge is 2.05. The molecule has 0 bridgehead atoms. The monoisotopic (exact) mass is 151 g/mol. The van der Waals surface area contributed by atoms with Crippen LogP contribution < -0.4 is 0 Å². The number of aldehydes is 1. The van der Waals surface area contributed by atoms with Gasteiger partial charge in [0.05, 0.1) is 6.07 Å². The number of rotatable bonds is 5. The summed E-state index contributed by atoms with van der Waals surface area (Å²) in [5.41, 5.74) is 1.00. The smallest absolute Gasteiger partial charge is 0.123 e. The lowest BCUT2D eigenvalue weighted by Crippen LogP contribution is -2.01. The molecule has 1 unspecified atom stereocenters. The first kappa shape index (κ1) is 9.90. The SMILES string of the molecule is C=C(C)CC(C=O)CCC#N. The van der Waals surface area contributed by atoms with Crippen molar-refractivity contribution in [2.24, 2.45) is 5.92 Å². The summed E-state index contributed by atoms with van der Waals surface area (Å²) in [6, 6.07) is 2.02. The number of nitrogens with zero attached hydrogens (tertiary/aromatic N) is 1. The fraction of sp³-hybridized carbons (Fsp3) is 0.556. The van der Waals surface area contributed by atoms with Crippen LogP contribution in [0.1, 0.15) is 26.2 Å². The quantitative estimate of drug-likeness (QED) is 0.446. The molecule has 0 saturated heterocycles. The first-order chi connectivity index (χ1) is 5.20. The molecule has 0 aromatic heterocycles. The zero-order valence-corrected chi connectivity index (χ0v) is 6.84. The Morgan fingerprint density at radius 2 is 2.45 bits per heavy atom. The number of carbonyl (C=O) groups is 1. The zero-order chi connectivity index (χ0) is 8.69. The molecule has 2 heteroatoms. The molecular formula is C9H13NO. The molecular weight excluding hydrogens is 138 g/mol. The van der Waals surface area contributed by atoms with Crippen molar-refractivity contribution in [1.82, 2.24) is 0 Å². The molecule has 0 aliphatic carbocycles. The molecule has 0 radical (unpaired) electrons. The minimum atomic E-state index is -0.00727. The van der Waals surface area contributed by atoms with Gasteiger partial charge in [-0.05, 0) is 19.8 Å². The summed E-state index contributed by atoms with van der Waals surface area (Å²) in [6.45, 7) is 5.60. The fourth-order valence-electron chi connectivity index (χ4n) is 0.916. The highest BCUT2D eigenvalue weighted by Crippen LogP contribution is 2.12. The predicted octanol–water partition coefficient (Wildman–Crippen LogP) is 2.07. The average Bonchev–Trinajstić information content (AvgIpc) is 1.97. The van der Waals surface area contributed by atoms with Gasteiger partial charge in [-0.2, -0.15) is 5.26 Å². The lowest BCUT2D eigenvalue weighted by atomic mass is 9.98. The molecule has 0 aliphatic heterocycles. The van der Waals surface area contributed by atoms with Gasteiger partial charge in [0.2, 0.25) is 0 Å². The number of hydrogen-bond donors (Lipinski definition) is 0. The Balaban J connectivity index is 3.68. The van der Waals surface area contributed by atoms with Crippen molar-refractivity contribution in [2.45, 2.75) is 26.2 Å². The zero-order valence-electron chi connectivity index (χ0n) is 6.84. The van der Waals surface area contributed by atoms with Crippen LogP contribution in [0.3, 0.4) is 0 Å². The molecule has 11 heavy (non-hydrogen) atoms. The van der Waals surface area contributed by atoms with E-state index < -0.39 is 0 Å². The standard InChI is InChI=1S/C9H13NO/c1-8(2)6-9(7-11)4-3-5-10/h7,9H,1,3-4,6H2,2H3. The highest BCUT2D eigenvalue weighted by atomic mass is 16.1. The third-order valence-corrected chi connectivity index (χ3v) is 1.43. The molecule has 60 valence electrons. The summed E-state index contributed by atoms with van der Waals surface area (Å²) < 4.78 is 0. The Morgan fingerprint density at radius 1 is 1.82 bits per heavy atom. The fourth-order valence-corrected chi connectivity index (χ4v) is 0.916. The summed E-state index contributed by atoms with van der Waals surface area (Å²) in [4.78, 5) is 10.4. The normalized spacial score (nSPS) is 11.6. The van der Waals surface area contributed by atoms with Gasteiger partial charge in [-0.3, -0.25) is 0 Å². The molecule has 0 aliphatic rings. The molecule has 2 nitrogen and oxygen atoms in total. The Morgan fingerprint density at radius 3 is 2.82 bits per heavy atom. The van der Waals surface area contributed by atoms with Crippen molar-refractivity contribution < 1.29 is 4.79 Å². The van der Waals surface area contributed by atoms with Gasteiger partial charge in [-0.25, -0.2) is 0 Å². The Hall–Kier alpha value is -1.10. The van der Waals surface area contributed by atoms with E-state index in [-0.39, 0.29) is 5.92 Å². The Labute approximate surface area is 67.5 Å². The number of carbonyl (C=O) groups excluding carboxylic acids is 1. The molecule has 0 amide bonds. The van der Waals surface area contributed by atoms with E-state index in [1.807, 2.05) is 13.0 Å². The highest BCUT2D eigenvalue weighted by molar-refractivity contribution is 5.54. The van der Waals surface area contributed by atoms with Gasteiger partial charge >= 0.3 is 0 Å². The largest absolute Gasteiger partial charge is 0.303 e. The van der Waals surface area contributed by atoms with Gasteiger partial charge in [0.1, 0.15) is 6.29 Å². The summed E-state index contributed by atoms with van der Waals surface area (Å²) in [6.07, 6.45) is 2.74. The lowest BCUT2D eigenvalue weighted by molar-refractivity contribution is -0.111. The van der Waals surface area contributed by atoms with Crippen LogP contribution in [-0.4, -0.2) is 6.29 Å². The number of allylic oxidation sites excluding steroid dienone is 1. The van der Waals surface area contributed by atoms with Gasteiger partial charge in [0.25, 0.3) is 0 Å². The maximum atomic E-state index is 10.4. The predicted molar refractivity (Wildman–Crippen MR) is 43.8 cm³/mol. The third-order valence-electron chi connectivity index (χ3n) is 1.43. The van der Waals surface area contributed by atoms with Crippen LogP contribution >= 0.6 is 0 Å². The average molecular weight is 151 g/mol. The molecule has 0 N–H and O–H groups in total. The minimum absolute atomic E-state index is 0.00727. The van der Waals surface area contributed by atoms with E-state index in [1.54, 1.807) is 0 Å². The Kier molecular flexibility index (Phi) is 5.10. The van der Waals surface area contributed by atoms with Crippen molar-refractivity contribution in [2.75, 3.05) is 0 Å². The van der Waals surface area contributed by atoms with Crippen molar-refractivity contribution in [3.05, 3.63) is 12.2 Å². The van der Waals surface area contributed by atoms with Gasteiger partial charge < -0.3 is 4.79 Å². The van der Waals surface area contributed by atoms with E-state index in [1.165, 1.54) is 0 Å². The van der Waals surface area contributed by atoms with Crippen LogP contribution in [-0.2, 0) is 4.79 Å². The second-order valence-electron chi connectivity index (χ2n) is 2.75. The molecule has 0 aromatic carbocycles. The van der Waals surface area contributed by atoms with Crippen LogP contribution in [0, 0.1) is 17.2 Å². The summed E-state index contributed by atoms with van der Waals surface area (Å²) in [7, 11) is 0. The second kappa shape index (κ2) is 5.67.